The first-order valence-corrected chi connectivity index (χ1v) is 44.1. The predicted octanol–water partition coefficient (Wildman–Crippen LogP) is 24.2. The fraction of sp³-hybridized carbons (Fsp3) is 0.678. The molecule has 0 heterocycles. The van der Waals surface area contributed by atoms with E-state index in [-0.39, 0.29) is 25.7 Å². The number of hydrogen-bond acceptors (Lipinski definition) is 15. The topological polar surface area (TPSA) is 237 Å². The number of allylic oxidation sites excluding steroid dienone is 24. The van der Waals surface area contributed by atoms with Gasteiger partial charge in [0.25, 0.3) is 0 Å². The van der Waals surface area contributed by atoms with E-state index in [4.69, 9.17) is 37.0 Å². The number of carbonyl (C=O) groups excluding carboxylic acids is 4. The first-order chi connectivity index (χ1) is 51.7. The molecule has 19 heteroatoms. The maximum atomic E-state index is 13.1. The summed E-state index contributed by atoms with van der Waals surface area (Å²) in [7, 11) is -9.99. The molecule has 0 saturated carbocycles. The molecule has 0 amide bonds. The molecule has 2 unspecified atom stereocenters. The van der Waals surface area contributed by atoms with Gasteiger partial charge in [0.05, 0.1) is 26.4 Å². The summed E-state index contributed by atoms with van der Waals surface area (Å²) in [5, 5.41) is 10.7. The van der Waals surface area contributed by atoms with Crippen molar-refractivity contribution in [1.82, 2.24) is 0 Å². The molecule has 0 spiro atoms. The van der Waals surface area contributed by atoms with Gasteiger partial charge in [-0.15, -0.1) is 0 Å². The molecule has 0 aromatic carbocycles. The molecule has 0 aliphatic carbocycles. The minimum absolute atomic E-state index is 0.0435. The molecule has 106 heavy (non-hydrogen) atoms. The molecule has 0 bridgehead atoms. The maximum Gasteiger partial charge on any atom is 0.472 e. The molecule has 0 aliphatic heterocycles. The van der Waals surface area contributed by atoms with Gasteiger partial charge in [0.2, 0.25) is 0 Å². The minimum Gasteiger partial charge on any atom is -0.462 e. The fourth-order valence-corrected chi connectivity index (χ4v) is 12.2. The van der Waals surface area contributed by atoms with Crippen molar-refractivity contribution in [2.45, 2.75) is 341 Å². The van der Waals surface area contributed by atoms with E-state index in [1.165, 1.54) is 70.6 Å². The zero-order valence-electron chi connectivity index (χ0n) is 66.3. The normalized spacial score (nSPS) is 14.6. The molecular weight excluding hydrogens is 1380 g/mol. The van der Waals surface area contributed by atoms with Gasteiger partial charge in [0.1, 0.15) is 19.3 Å². The van der Waals surface area contributed by atoms with Gasteiger partial charge in [-0.3, -0.25) is 37.3 Å². The quantitative estimate of drug-likeness (QED) is 0.0169. The van der Waals surface area contributed by atoms with Crippen LogP contribution in [0.1, 0.15) is 323 Å². The van der Waals surface area contributed by atoms with E-state index in [0.717, 1.165) is 173 Å². The lowest BCUT2D eigenvalue weighted by atomic mass is 10.0. The van der Waals surface area contributed by atoms with Crippen LogP contribution in [0.2, 0.25) is 0 Å². The second kappa shape index (κ2) is 78.1. The Balaban J connectivity index is 5.45. The lowest BCUT2D eigenvalue weighted by molar-refractivity contribution is -0.161. The van der Waals surface area contributed by atoms with Crippen LogP contribution in [0.5, 0.6) is 0 Å². The van der Waals surface area contributed by atoms with E-state index >= 15 is 0 Å². The molecule has 0 aromatic heterocycles. The number of unbranched alkanes of at least 4 members (excludes halogenated alkanes) is 26. The Hall–Kier alpha value is -5.06. The van der Waals surface area contributed by atoms with Crippen LogP contribution in [-0.2, 0) is 65.4 Å². The predicted molar refractivity (Wildman–Crippen MR) is 436 cm³/mol. The van der Waals surface area contributed by atoms with Crippen molar-refractivity contribution in [1.29, 1.82) is 0 Å². The first kappa shape index (κ1) is 101. The zero-order valence-corrected chi connectivity index (χ0v) is 68.1. The molecule has 5 atom stereocenters. The van der Waals surface area contributed by atoms with Gasteiger partial charge in [-0.25, -0.2) is 9.13 Å². The molecule has 0 aromatic rings. The number of carbonyl (C=O) groups is 4. The highest BCUT2D eigenvalue weighted by Crippen LogP contribution is 2.45. The number of phosphoric ester groups is 2. The molecular formula is C87H146O17P2. The van der Waals surface area contributed by atoms with Crippen LogP contribution < -0.4 is 0 Å². The number of hydrogen-bond donors (Lipinski definition) is 3. The van der Waals surface area contributed by atoms with Crippen molar-refractivity contribution in [2.24, 2.45) is 0 Å². The summed E-state index contributed by atoms with van der Waals surface area (Å²) in [5.74, 6) is -2.26. The standard InChI is InChI=1S/C87H146O17P2/c1-5-9-13-17-21-25-29-33-36-38-40-42-45-49-52-56-60-64-68-72-85(90)98-78-83(104-87(92)74-70-66-62-58-54-50-46-43-41-39-37-34-30-26-22-18-14-10-6-2)80-102-106(95,96)100-76-81(88)75-99-105(93,94)101-79-82(103-86(91)73-69-65-61-57-53-47-32-28-24-20-16-12-8-4)77-97-84(89)71-67-63-59-55-51-48-44-35-31-27-23-19-15-11-7-3/h9-10,13-14,21-23,25-27,33-37,40-44,49-50,52,54,81-83,88H,5-8,11-12,15-20,24,28-32,38-39,45-48,51,53,55-80H2,1-4H3,(H,93,94)(H,95,96)/b13-9-,14-10-,25-21-,26-22-,27-23-,36-33-,37-34-,42-40-,43-41-,44-35-,52-49-,54-50-/t81-,82+,83+/m0/s1. The average Bonchev–Trinajstić information content (AvgIpc) is 0.903. The van der Waals surface area contributed by atoms with Crippen molar-refractivity contribution >= 4 is 39.5 Å². The van der Waals surface area contributed by atoms with Gasteiger partial charge in [-0.1, -0.05) is 296 Å². The third-order valence-electron chi connectivity index (χ3n) is 16.8. The lowest BCUT2D eigenvalue weighted by Crippen LogP contribution is -2.30. The average molecular weight is 1530 g/mol. The Bertz CT molecular complexity index is 2580. The van der Waals surface area contributed by atoms with E-state index in [0.29, 0.717) is 25.7 Å². The van der Waals surface area contributed by atoms with Crippen molar-refractivity contribution < 1.29 is 80.2 Å². The van der Waals surface area contributed by atoms with E-state index in [9.17, 15) is 43.2 Å². The summed E-state index contributed by atoms with van der Waals surface area (Å²) in [4.78, 5) is 73.1. The molecule has 0 fully saturated rings. The van der Waals surface area contributed by atoms with Crippen LogP contribution in [-0.4, -0.2) is 96.7 Å². The SMILES string of the molecule is CC/C=C\C/C=C\C/C=C\C/C=C\C/C=C\CCCCCC(=O)OC[C@H](COP(=O)(O)OC[C@@H](O)COP(=O)(O)OC[C@@H](COC(=O)CCCCCCC/C=C\C/C=C\CCCCC)OC(=O)CCCCCCCCCCCCCCC)OC(=O)CCCCC/C=C\C/C=C\C/C=C\C/C=C\C/C=C\CC. The van der Waals surface area contributed by atoms with E-state index in [1.54, 1.807) is 0 Å². The van der Waals surface area contributed by atoms with Gasteiger partial charge < -0.3 is 33.8 Å². The van der Waals surface area contributed by atoms with Crippen molar-refractivity contribution in [2.75, 3.05) is 39.6 Å². The van der Waals surface area contributed by atoms with Crippen LogP contribution >= 0.6 is 15.6 Å². The number of ether oxygens (including phenoxy) is 4. The number of rotatable bonds is 76. The Labute approximate surface area is 643 Å². The molecule has 0 rings (SSSR count). The lowest BCUT2D eigenvalue weighted by Gasteiger charge is -2.21. The first-order valence-electron chi connectivity index (χ1n) is 41.1. The number of aliphatic hydroxyl groups excluding tert-OH is 1. The largest absolute Gasteiger partial charge is 0.472 e. The monoisotopic (exact) mass is 1530 g/mol. The van der Waals surface area contributed by atoms with E-state index < -0.39 is 97.5 Å². The summed E-state index contributed by atoms with van der Waals surface area (Å²) >= 11 is 0. The van der Waals surface area contributed by atoms with E-state index in [1.807, 2.05) is 0 Å². The van der Waals surface area contributed by atoms with Gasteiger partial charge in [0, 0.05) is 25.7 Å². The third-order valence-corrected chi connectivity index (χ3v) is 18.7. The van der Waals surface area contributed by atoms with Crippen molar-refractivity contribution in [3.8, 4) is 0 Å². The molecule has 3 N–H and O–H groups in total. The van der Waals surface area contributed by atoms with Gasteiger partial charge in [-0.2, -0.15) is 0 Å². The summed E-state index contributed by atoms with van der Waals surface area (Å²) in [5.41, 5.74) is 0. The summed E-state index contributed by atoms with van der Waals surface area (Å²) in [6.07, 6.45) is 89.6. The van der Waals surface area contributed by atoms with E-state index in [2.05, 4.69) is 174 Å². The van der Waals surface area contributed by atoms with Crippen molar-refractivity contribution in [3.05, 3.63) is 146 Å². The number of aliphatic hydroxyl groups is 1. The molecule has 17 nitrogen and oxygen atoms in total. The van der Waals surface area contributed by atoms with Gasteiger partial charge in [0.15, 0.2) is 12.2 Å². The highest BCUT2D eigenvalue weighted by molar-refractivity contribution is 7.47. The Morgan fingerprint density at radius 3 is 0.783 bits per heavy atom. The maximum absolute atomic E-state index is 13.1. The summed E-state index contributed by atoms with van der Waals surface area (Å²) in [6, 6.07) is 0. The highest BCUT2D eigenvalue weighted by Gasteiger charge is 2.30. The second-order valence-corrected chi connectivity index (χ2v) is 29.9. The molecule has 0 saturated heterocycles. The van der Waals surface area contributed by atoms with Crippen LogP contribution in [0.4, 0.5) is 0 Å². The van der Waals surface area contributed by atoms with Crippen LogP contribution in [0.15, 0.2) is 146 Å². The number of esters is 4. The zero-order chi connectivity index (χ0) is 77.4. The van der Waals surface area contributed by atoms with Gasteiger partial charge in [-0.05, 0) is 148 Å². The number of phosphoric acid groups is 2. The van der Waals surface area contributed by atoms with Gasteiger partial charge >= 0.3 is 39.5 Å². The van der Waals surface area contributed by atoms with Crippen molar-refractivity contribution in [3.63, 3.8) is 0 Å². The van der Waals surface area contributed by atoms with Crippen LogP contribution in [0.3, 0.4) is 0 Å². The highest BCUT2D eigenvalue weighted by atomic mass is 31.2. The Morgan fingerprint density at radius 2 is 0.491 bits per heavy atom. The Morgan fingerprint density at radius 1 is 0.274 bits per heavy atom. The third kappa shape index (κ3) is 77.1. The van der Waals surface area contributed by atoms with Crippen LogP contribution in [0.25, 0.3) is 0 Å². The van der Waals surface area contributed by atoms with Crippen LogP contribution in [0, 0.1) is 0 Å². The molecule has 606 valence electrons. The Kier molecular flexibility index (Phi) is 74.3. The fourth-order valence-electron chi connectivity index (χ4n) is 10.6. The molecule has 0 aliphatic rings. The summed E-state index contributed by atoms with van der Waals surface area (Å²) < 4.78 is 68.6. The smallest absolute Gasteiger partial charge is 0.462 e. The molecule has 0 radical (unpaired) electrons. The second-order valence-electron chi connectivity index (χ2n) is 27.0. The summed E-state index contributed by atoms with van der Waals surface area (Å²) in [6.45, 7) is 4.55. The minimum atomic E-state index is -5.00.